The Labute approximate surface area is 212 Å². The van der Waals surface area contributed by atoms with E-state index in [1.807, 2.05) is 25.1 Å². The average molecular weight is 518 g/mol. The van der Waals surface area contributed by atoms with Crippen molar-refractivity contribution in [2.75, 3.05) is 0 Å². The third-order valence-corrected chi connectivity index (χ3v) is 6.39. The fourth-order valence-electron chi connectivity index (χ4n) is 4.44. The molecule has 0 aliphatic carbocycles. The fourth-order valence-corrected chi connectivity index (χ4v) is 4.77. The maximum Gasteiger partial charge on any atom is 0.306 e. The minimum atomic E-state index is -1.21. The van der Waals surface area contributed by atoms with Crippen LogP contribution in [0.2, 0.25) is 10.0 Å². The lowest BCUT2D eigenvalue weighted by Crippen LogP contribution is -2.52. The van der Waals surface area contributed by atoms with Crippen LogP contribution in [0.5, 0.6) is 0 Å². The second-order valence-corrected chi connectivity index (χ2v) is 9.28. The Morgan fingerprint density at radius 1 is 1.11 bits per heavy atom. The predicted octanol–water partition coefficient (Wildman–Crippen LogP) is 5.71. The molecular weight excluding hydrogens is 493 g/mol. The number of morpholine rings is 1. The summed E-state index contributed by atoms with van der Waals surface area (Å²) in [5, 5.41) is 18.7. The van der Waals surface area contributed by atoms with Gasteiger partial charge in [0.2, 0.25) is 11.8 Å². The van der Waals surface area contributed by atoms with E-state index in [4.69, 9.17) is 32.4 Å². The first-order chi connectivity index (χ1) is 16.8. The van der Waals surface area contributed by atoms with Gasteiger partial charge >= 0.3 is 5.97 Å². The van der Waals surface area contributed by atoms with Crippen LogP contribution in [-0.2, 0) is 14.3 Å². The van der Waals surface area contributed by atoms with Crippen molar-refractivity contribution in [3.8, 4) is 0 Å². The largest absolute Gasteiger partial charge is 0.481 e. The number of aromatic nitrogens is 2. The van der Waals surface area contributed by atoms with Crippen LogP contribution < -0.4 is 0 Å². The van der Waals surface area contributed by atoms with Crippen LogP contribution in [0.25, 0.3) is 0 Å². The number of ether oxygens (including phenoxy) is 1. The zero-order valence-electron chi connectivity index (χ0n) is 19.2. The molecule has 184 valence electrons. The number of aryl methyl sites for hydroxylation is 1. The Bertz CT molecular complexity index is 1200. The van der Waals surface area contributed by atoms with Crippen molar-refractivity contribution in [2.45, 2.75) is 57.4 Å². The number of halogens is 2. The highest BCUT2D eigenvalue weighted by atomic mass is 35.5. The van der Waals surface area contributed by atoms with Gasteiger partial charge in [0.25, 0.3) is 5.91 Å². The van der Waals surface area contributed by atoms with Crippen LogP contribution in [0.4, 0.5) is 0 Å². The van der Waals surface area contributed by atoms with Crippen LogP contribution >= 0.6 is 23.2 Å². The van der Waals surface area contributed by atoms with E-state index in [0.29, 0.717) is 27.9 Å². The molecule has 1 amide bonds. The Balaban J connectivity index is 1.91. The molecule has 1 aliphatic rings. The highest BCUT2D eigenvalue weighted by Crippen LogP contribution is 2.47. The molecule has 8 nitrogen and oxygen atoms in total. The third-order valence-electron chi connectivity index (χ3n) is 5.90. The molecule has 4 rings (SSSR count). The second-order valence-electron chi connectivity index (χ2n) is 8.40. The molecule has 1 aliphatic heterocycles. The number of hydrogen-bond acceptors (Lipinski definition) is 6. The zero-order valence-corrected chi connectivity index (χ0v) is 20.7. The maximum absolute atomic E-state index is 13.8. The Morgan fingerprint density at radius 3 is 2.46 bits per heavy atom. The summed E-state index contributed by atoms with van der Waals surface area (Å²) in [7, 11) is 0. The van der Waals surface area contributed by atoms with Crippen LogP contribution in [0.3, 0.4) is 0 Å². The van der Waals surface area contributed by atoms with Gasteiger partial charge in [-0.25, -0.2) is 0 Å². The van der Waals surface area contributed by atoms with Crippen LogP contribution in [-0.4, -0.2) is 38.2 Å². The summed E-state index contributed by atoms with van der Waals surface area (Å²) in [4.78, 5) is 27.1. The standard InChI is InChI=1S/C25H25Cl2N3O5/c1-3-5-19(24-29-28-14(2)34-24)30-22(15-8-10-17(26)11-9-15)23(16-6-4-7-18(27)12-16)35-20(25(30)33)13-21(31)32/h4,6-12,19-20,22-23H,3,5,13H2,1-2H3,(H,31,32)/t19-,20+,22-,23+/m0/s1. The van der Waals surface area contributed by atoms with Gasteiger partial charge in [-0.3, -0.25) is 9.59 Å². The third kappa shape index (κ3) is 5.50. The van der Waals surface area contributed by atoms with E-state index < -0.39 is 42.6 Å². The molecule has 0 spiro atoms. The summed E-state index contributed by atoms with van der Waals surface area (Å²) in [5.41, 5.74) is 1.47. The number of aliphatic carboxylic acids is 1. The first kappa shape index (κ1) is 25.2. The number of nitrogens with zero attached hydrogens (tertiary/aromatic N) is 3. The molecular formula is C25H25Cl2N3O5. The highest BCUT2D eigenvalue weighted by molar-refractivity contribution is 6.30. The number of carboxylic acid groups (broad SMARTS) is 1. The highest BCUT2D eigenvalue weighted by Gasteiger charge is 2.48. The summed E-state index contributed by atoms with van der Waals surface area (Å²) in [6.07, 6.45) is -1.15. The molecule has 1 aromatic heterocycles. The number of carbonyl (C=O) groups excluding carboxylic acids is 1. The molecule has 35 heavy (non-hydrogen) atoms. The van der Waals surface area contributed by atoms with Crippen LogP contribution in [0, 0.1) is 6.92 Å². The Hall–Kier alpha value is -2.94. The molecule has 1 saturated heterocycles. The zero-order chi connectivity index (χ0) is 25.1. The van der Waals surface area contributed by atoms with Gasteiger partial charge in [0.1, 0.15) is 18.2 Å². The predicted molar refractivity (Wildman–Crippen MR) is 129 cm³/mol. The van der Waals surface area contributed by atoms with Crippen molar-refractivity contribution in [3.63, 3.8) is 0 Å². The van der Waals surface area contributed by atoms with Crippen molar-refractivity contribution in [2.24, 2.45) is 0 Å². The topological polar surface area (TPSA) is 106 Å². The minimum Gasteiger partial charge on any atom is -0.481 e. The van der Waals surface area contributed by atoms with Gasteiger partial charge in [-0.05, 0) is 41.8 Å². The number of amides is 1. The van der Waals surface area contributed by atoms with Crippen molar-refractivity contribution in [1.82, 2.24) is 15.1 Å². The van der Waals surface area contributed by atoms with Crippen LogP contribution in [0.15, 0.2) is 52.9 Å². The van der Waals surface area contributed by atoms with Gasteiger partial charge < -0.3 is 19.2 Å². The monoisotopic (exact) mass is 517 g/mol. The molecule has 10 heteroatoms. The van der Waals surface area contributed by atoms with Crippen molar-refractivity contribution in [1.29, 1.82) is 0 Å². The number of carboxylic acids is 1. The minimum absolute atomic E-state index is 0.289. The number of benzene rings is 2. The van der Waals surface area contributed by atoms with Gasteiger partial charge in [0, 0.05) is 17.0 Å². The molecule has 1 fully saturated rings. The van der Waals surface area contributed by atoms with E-state index in [1.54, 1.807) is 42.2 Å². The number of hydrogen-bond donors (Lipinski definition) is 1. The van der Waals surface area contributed by atoms with Crippen molar-refractivity contribution < 1.29 is 23.8 Å². The lowest BCUT2D eigenvalue weighted by molar-refractivity contribution is -0.185. The molecule has 2 aromatic carbocycles. The first-order valence-corrected chi connectivity index (χ1v) is 12.0. The van der Waals surface area contributed by atoms with E-state index in [0.717, 1.165) is 12.0 Å². The number of rotatable bonds is 8. The smallest absolute Gasteiger partial charge is 0.306 e. The fraction of sp³-hybridized carbons (Fsp3) is 0.360. The van der Waals surface area contributed by atoms with Crippen LogP contribution in [0.1, 0.15) is 67.3 Å². The molecule has 0 saturated carbocycles. The molecule has 4 atom stereocenters. The summed E-state index contributed by atoms with van der Waals surface area (Å²) in [6, 6.07) is 13.0. The van der Waals surface area contributed by atoms with Gasteiger partial charge in [0.05, 0.1) is 12.5 Å². The van der Waals surface area contributed by atoms with E-state index >= 15 is 0 Å². The average Bonchev–Trinajstić information content (AvgIpc) is 3.25. The molecule has 0 bridgehead atoms. The molecule has 1 N–H and O–H groups in total. The second kappa shape index (κ2) is 10.8. The van der Waals surface area contributed by atoms with Gasteiger partial charge in [-0.15, -0.1) is 10.2 Å². The maximum atomic E-state index is 13.8. The summed E-state index contributed by atoms with van der Waals surface area (Å²) < 4.78 is 12.0. The first-order valence-electron chi connectivity index (χ1n) is 11.3. The van der Waals surface area contributed by atoms with Crippen molar-refractivity contribution >= 4 is 35.1 Å². The lowest BCUT2D eigenvalue weighted by atomic mass is 9.89. The molecule has 2 heterocycles. The van der Waals surface area contributed by atoms with Gasteiger partial charge in [-0.1, -0.05) is 60.8 Å². The summed E-state index contributed by atoms with van der Waals surface area (Å²) in [6.45, 7) is 3.67. The molecule has 3 aromatic rings. The van der Waals surface area contributed by atoms with E-state index in [2.05, 4.69) is 10.2 Å². The van der Waals surface area contributed by atoms with E-state index in [1.165, 1.54) is 0 Å². The van der Waals surface area contributed by atoms with E-state index in [-0.39, 0.29) is 5.89 Å². The SMILES string of the molecule is CCC[C@@H](c1nnc(C)o1)N1C(=O)[C@@H](CC(=O)O)O[C@H](c2cccc(Cl)c2)[C@@H]1c1ccc(Cl)cc1. The summed E-state index contributed by atoms with van der Waals surface area (Å²) in [5.74, 6) is -0.936. The Kier molecular flexibility index (Phi) is 7.74. The van der Waals surface area contributed by atoms with Gasteiger partial charge in [0.15, 0.2) is 0 Å². The van der Waals surface area contributed by atoms with E-state index in [9.17, 15) is 14.7 Å². The Morgan fingerprint density at radius 2 is 1.86 bits per heavy atom. The lowest BCUT2D eigenvalue weighted by Gasteiger charge is -2.47. The van der Waals surface area contributed by atoms with Crippen molar-refractivity contribution in [3.05, 3.63) is 81.5 Å². The summed E-state index contributed by atoms with van der Waals surface area (Å²) >= 11 is 12.4. The number of carbonyl (C=O) groups is 2. The normalized spacial score (nSPS) is 21.2. The van der Waals surface area contributed by atoms with Gasteiger partial charge in [-0.2, -0.15) is 0 Å². The molecule has 0 unspecified atom stereocenters. The molecule has 0 radical (unpaired) electrons. The quantitative estimate of drug-likeness (QED) is 0.407.